The monoisotopic (exact) mass is 486 g/mol. The molecule has 1 aromatic carbocycles. The summed E-state index contributed by atoms with van der Waals surface area (Å²) in [5, 5.41) is 17.5. The lowest BCUT2D eigenvalue weighted by atomic mass is 9.83. The van der Waals surface area contributed by atoms with Crippen LogP contribution < -0.4 is 10.3 Å². The molecular weight excluding hydrogens is 458 g/mol. The van der Waals surface area contributed by atoms with Gasteiger partial charge in [0.2, 0.25) is 0 Å². The van der Waals surface area contributed by atoms with Gasteiger partial charge in [-0.3, -0.25) is 14.3 Å². The fraction of sp³-hybridized carbons (Fsp3) is 0.440. The number of Topliss-reactive ketones (excluding diaryl/α,β-unsaturated/α-hetero) is 1. The molecule has 0 radical (unpaired) electrons. The lowest BCUT2D eigenvalue weighted by molar-refractivity contribution is -0.122. The van der Waals surface area contributed by atoms with Crippen LogP contribution in [0.15, 0.2) is 47.5 Å². The number of hydrogen-bond donors (Lipinski definition) is 1. The van der Waals surface area contributed by atoms with E-state index in [4.69, 9.17) is 9.84 Å². The van der Waals surface area contributed by atoms with E-state index in [-0.39, 0.29) is 24.6 Å². The molecule has 10 heteroatoms. The normalized spacial score (nSPS) is 15.2. The van der Waals surface area contributed by atoms with Crippen molar-refractivity contribution in [3.8, 4) is 11.5 Å². The van der Waals surface area contributed by atoms with E-state index in [9.17, 15) is 18.4 Å². The number of ether oxygens (including phenoxy) is 1. The number of aliphatic hydroxyl groups is 1. The summed E-state index contributed by atoms with van der Waals surface area (Å²) in [5.74, 6) is -2.46. The van der Waals surface area contributed by atoms with Gasteiger partial charge in [-0.25, -0.2) is 13.5 Å². The zero-order valence-corrected chi connectivity index (χ0v) is 19.3. The van der Waals surface area contributed by atoms with Crippen LogP contribution in [0.5, 0.6) is 11.5 Å². The highest BCUT2D eigenvalue weighted by atomic mass is 19.1. The number of para-hydroxylation sites is 1. The summed E-state index contributed by atoms with van der Waals surface area (Å²) in [6.07, 6.45) is 8.66. The van der Waals surface area contributed by atoms with E-state index in [1.165, 1.54) is 12.3 Å². The van der Waals surface area contributed by atoms with Crippen molar-refractivity contribution in [1.82, 2.24) is 19.6 Å². The quantitative estimate of drug-likeness (QED) is 0.468. The van der Waals surface area contributed by atoms with Crippen molar-refractivity contribution in [3.63, 3.8) is 0 Å². The molecule has 2 heterocycles. The number of benzene rings is 1. The van der Waals surface area contributed by atoms with Crippen molar-refractivity contribution in [2.24, 2.45) is 5.92 Å². The van der Waals surface area contributed by atoms with Gasteiger partial charge in [0.1, 0.15) is 6.04 Å². The molecule has 0 amide bonds. The van der Waals surface area contributed by atoms with Crippen LogP contribution in [-0.2, 0) is 17.8 Å². The zero-order chi connectivity index (χ0) is 24.8. The molecule has 0 bridgehead atoms. The van der Waals surface area contributed by atoms with Crippen LogP contribution in [0.3, 0.4) is 0 Å². The van der Waals surface area contributed by atoms with Gasteiger partial charge in [-0.15, -0.1) is 0 Å². The average molecular weight is 487 g/mol. The van der Waals surface area contributed by atoms with E-state index in [2.05, 4.69) is 10.2 Å². The molecule has 1 N–H and O–H groups in total. The Kier molecular flexibility index (Phi) is 8.02. The van der Waals surface area contributed by atoms with Gasteiger partial charge in [0.15, 0.2) is 28.9 Å². The van der Waals surface area contributed by atoms with Crippen LogP contribution in [0.1, 0.15) is 50.3 Å². The van der Waals surface area contributed by atoms with Crippen molar-refractivity contribution in [1.29, 1.82) is 0 Å². The molecule has 0 aliphatic heterocycles. The maximum absolute atomic E-state index is 13.9. The maximum Gasteiger partial charge on any atom is 0.271 e. The topological polar surface area (TPSA) is 99.2 Å². The molecule has 1 saturated carbocycles. The second-order valence-corrected chi connectivity index (χ2v) is 8.82. The van der Waals surface area contributed by atoms with Crippen molar-refractivity contribution in [2.75, 3.05) is 6.61 Å². The van der Waals surface area contributed by atoms with Crippen LogP contribution in [0.2, 0.25) is 0 Å². The smallest absolute Gasteiger partial charge is 0.271 e. The Hall–Kier alpha value is -3.40. The third-order valence-electron chi connectivity index (χ3n) is 6.27. The van der Waals surface area contributed by atoms with Crippen molar-refractivity contribution in [3.05, 3.63) is 70.4 Å². The molecule has 2 aromatic heterocycles. The van der Waals surface area contributed by atoms with E-state index >= 15 is 0 Å². The van der Waals surface area contributed by atoms with Crippen molar-refractivity contribution in [2.45, 2.75) is 57.5 Å². The predicted octanol–water partition coefficient (Wildman–Crippen LogP) is 3.83. The number of aliphatic hydroxyl groups excluding tert-OH is 1. The van der Waals surface area contributed by atoms with Gasteiger partial charge in [0.25, 0.3) is 5.56 Å². The first-order valence-electron chi connectivity index (χ1n) is 11.8. The fourth-order valence-electron chi connectivity index (χ4n) is 4.52. The van der Waals surface area contributed by atoms with E-state index < -0.39 is 29.0 Å². The van der Waals surface area contributed by atoms with E-state index in [1.54, 1.807) is 16.9 Å². The molecule has 1 fully saturated rings. The summed E-state index contributed by atoms with van der Waals surface area (Å²) in [4.78, 5) is 26.3. The average Bonchev–Trinajstić information content (AvgIpc) is 3.28. The van der Waals surface area contributed by atoms with Gasteiger partial charge >= 0.3 is 0 Å². The largest absolute Gasteiger partial charge is 0.449 e. The number of carbonyl (C=O) groups excluding carboxylic acids is 1. The van der Waals surface area contributed by atoms with Gasteiger partial charge in [-0.2, -0.15) is 10.2 Å². The van der Waals surface area contributed by atoms with Crippen LogP contribution in [0.4, 0.5) is 8.78 Å². The van der Waals surface area contributed by atoms with E-state index in [0.29, 0.717) is 24.6 Å². The molecule has 0 saturated heterocycles. The van der Waals surface area contributed by atoms with E-state index in [0.717, 1.165) is 55.0 Å². The lowest BCUT2D eigenvalue weighted by Crippen LogP contribution is -2.34. The van der Waals surface area contributed by atoms with Crippen LogP contribution in [-0.4, -0.2) is 37.1 Å². The molecule has 3 aromatic rings. The van der Waals surface area contributed by atoms with Crippen LogP contribution in [0.25, 0.3) is 0 Å². The summed E-state index contributed by atoms with van der Waals surface area (Å²) in [7, 11) is 0. The van der Waals surface area contributed by atoms with Gasteiger partial charge in [0.05, 0.1) is 31.5 Å². The number of nitrogens with zero attached hydrogens (tertiary/aromatic N) is 4. The number of carbonyl (C=O) groups is 1. The SMILES string of the molecule is O=C(Cc1ccn(CCO)n1)[C@H](CC1CCCCC1)n1ncc(Oc2c(F)cccc2F)cc1=O. The third-order valence-corrected chi connectivity index (χ3v) is 6.27. The summed E-state index contributed by atoms with van der Waals surface area (Å²) in [6.45, 7) is 0.259. The van der Waals surface area contributed by atoms with Gasteiger partial charge in [-0.1, -0.05) is 38.2 Å². The van der Waals surface area contributed by atoms with Crippen LogP contribution in [0, 0.1) is 17.6 Å². The Balaban J connectivity index is 1.57. The summed E-state index contributed by atoms with van der Waals surface area (Å²) in [5.41, 5.74) is -0.0562. The minimum Gasteiger partial charge on any atom is -0.449 e. The minimum atomic E-state index is -0.903. The standard InChI is InChI=1S/C25H28F2N4O4/c26-20-7-4-8-21(27)25(20)35-19-15-24(34)31(28-16-19)22(13-17-5-2-1-3-6-17)23(33)14-18-9-10-30(29-18)11-12-32/h4,7-10,15-17,22,32H,1-3,5-6,11-14H2/t22-/m0/s1. The van der Waals surface area contributed by atoms with Crippen molar-refractivity contribution >= 4 is 5.78 Å². The van der Waals surface area contributed by atoms with Gasteiger partial charge in [-0.05, 0) is 30.5 Å². The molecular formula is C25H28F2N4O4. The highest BCUT2D eigenvalue weighted by molar-refractivity contribution is 5.84. The first kappa shape index (κ1) is 24.7. The third kappa shape index (κ3) is 6.19. The number of aromatic nitrogens is 4. The minimum absolute atomic E-state index is 0.0165. The first-order chi connectivity index (χ1) is 16.9. The molecule has 1 aliphatic rings. The number of halogens is 2. The Bertz CT molecular complexity index is 1200. The van der Waals surface area contributed by atoms with E-state index in [1.807, 2.05) is 0 Å². The molecule has 8 nitrogen and oxygen atoms in total. The Labute approximate surface area is 201 Å². The lowest BCUT2D eigenvalue weighted by Gasteiger charge is -2.26. The second-order valence-electron chi connectivity index (χ2n) is 8.82. The molecule has 35 heavy (non-hydrogen) atoms. The number of rotatable bonds is 10. The van der Waals surface area contributed by atoms with Gasteiger partial charge < -0.3 is 9.84 Å². The maximum atomic E-state index is 13.9. The summed E-state index contributed by atoms with van der Waals surface area (Å²) >= 11 is 0. The molecule has 4 rings (SSSR count). The van der Waals surface area contributed by atoms with Crippen LogP contribution >= 0.6 is 0 Å². The Morgan fingerprint density at radius 3 is 2.60 bits per heavy atom. The number of hydrogen-bond acceptors (Lipinski definition) is 6. The molecule has 1 atom stereocenters. The Morgan fingerprint density at radius 1 is 1.17 bits per heavy atom. The summed E-state index contributed by atoms with van der Waals surface area (Å²) < 4.78 is 35.8. The zero-order valence-electron chi connectivity index (χ0n) is 19.3. The second kappa shape index (κ2) is 11.4. The van der Waals surface area contributed by atoms with Crippen molar-refractivity contribution < 1.29 is 23.4 Å². The Morgan fingerprint density at radius 2 is 1.91 bits per heavy atom. The fourth-order valence-corrected chi connectivity index (χ4v) is 4.52. The summed E-state index contributed by atoms with van der Waals surface area (Å²) in [6, 6.07) is 5.30. The highest BCUT2D eigenvalue weighted by Gasteiger charge is 2.28. The first-order valence-corrected chi connectivity index (χ1v) is 11.8. The number of ketones is 1. The molecule has 1 aliphatic carbocycles. The predicted molar refractivity (Wildman–Crippen MR) is 123 cm³/mol. The molecule has 0 unspecified atom stereocenters. The highest BCUT2D eigenvalue weighted by Crippen LogP contribution is 2.31. The van der Waals surface area contributed by atoms with Gasteiger partial charge in [0, 0.05) is 12.3 Å². The molecule has 186 valence electrons. The molecule has 0 spiro atoms.